The third kappa shape index (κ3) is 2.65. The van der Waals surface area contributed by atoms with E-state index in [4.69, 9.17) is 0 Å². The smallest absolute Gasteiger partial charge is 0.136 e. The number of Topliss-reactive ketones (excluding diaryl/α,β-unsaturated/α-hetero) is 1. The number of rotatable bonds is 1. The van der Waals surface area contributed by atoms with Crippen molar-refractivity contribution in [2.45, 2.75) is 104 Å². The number of aliphatic hydroxyl groups is 1. The van der Waals surface area contributed by atoms with Gasteiger partial charge in [-0.3, -0.25) is 9.69 Å². The van der Waals surface area contributed by atoms with Crippen LogP contribution in [0.15, 0.2) is 0 Å². The van der Waals surface area contributed by atoms with E-state index in [1.165, 1.54) is 51.6 Å². The molecule has 3 heteroatoms. The minimum atomic E-state index is -0.171. The lowest BCUT2D eigenvalue weighted by Crippen LogP contribution is -2.66. The van der Waals surface area contributed by atoms with E-state index in [9.17, 15) is 9.90 Å². The molecular weight excluding hydrogens is 358 g/mol. The van der Waals surface area contributed by atoms with Gasteiger partial charge in [0, 0.05) is 18.4 Å². The maximum Gasteiger partial charge on any atom is 0.136 e. The molecule has 0 amide bonds. The van der Waals surface area contributed by atoms with E-state index in [1.54, 1.807) is 0 Å². The van der Waals surface area contributed by atoms with E-state index in [-0.39, 0.29) is 16.9 Å². The third-order valence-electron chi connectivity index (χ3n) is 11.6. The lowest BCUT2D eigenvalue weighted by atomic mass is 9.37. The molecule has 5 fully saturated rings. The van der Waals surface area contributed by atoms with Gasteiger partial charge in [-0.2, -0.15) is 0 Å². The van der Waals surface area contributed by atoms with E-state index < -0.39 is 0 Å². The SMILES string of the molecule is C[C@@H]1[C@H](O)[C@@H](N2CCCCC2)C[C@@]2(C)[C@H]1CC[C@@]1(C)[C@H]2CC[C@H]2C(=O)CC[C@@]21C. The first-order valence-corrected chi connectivity index (χ1v) is 12.7. The average molecular weight is 402 g/mol. The molecule has 0 spiro atoms. The number of hydrogen-bond acceptors (Lipinski definition) is 3. The van der Waals surface area contributed by atoms with Crippen LogP contribution in [0, 0.1) is 39.9 Å². The zero-order valence-electron chi connectivity index (χ0n) is 19.3. The van der Waals surface area contributed by atoms with E-state index in [0.717, 1.165) is 25.7 Å². The fourth-order valence-electron chi connectivity index (χ4n) is 9.77. The molecular formula is C26H43NO2. The summed E-state index contributed by atoms with van der Waals surface area (Å²) in [5.74, 6) is 2.59. The van der Waals surface area contributed by atoms with Gasteiger partial charge in [-0.15, -0.1) is 0 Å². The molecule has 0 aromatic carbocycles. The minimum absolute atomic E-state index is 0.171. The van der Waals surface area contributed by atoms with Gasteiger partial charge in [-0.25, -0.2) is 0 Å². The first-order chi connectivity index (χ1) is 13.7. The molecule has 0 bridgehead atoms. The van der Waals surface area contributed by atoms with Crippen LogP contribution >= 0.6 is 0 Å². The fourth-order valence-corrected chi connectivity index (χ4v) is 9.77. The van der Waals surface area contributed by atoms with Gasteiger partial charge in [-0.05, 0) is 98.5 Å². The molecule has 0 aromatic rings. The van der Waals surface area contributed by atoms with Crippen molar-refractivity contribution in [1.82, 2.24) is 4.90 Å². The van der Waals surface area contributed by atoms with Crippen LogP contribution in [0.3, 0.4) is 0 Å². The van der Waals surface area contributed by atoms with Crippen LogP contribution in [0.4, 0.5) is 0 Å². The number of likely N-dealkylation sites (tertiary alicyclic amines) is 1. The Labute approximate surface area is 178 Å². The van der Waals surface area contributed by atoms with Gasteiger partial charge in [0.25, 0.3) is 0 Å². The Morgan fingerprint density at radius 1 is 0.966 bits per heavy atom. The Kier molecular flexibility index (Phi) is 4.80. The minimum Gasteiger partial charge on any atom is -0.391 e. The van der Waals surface area contributed by atoms with Gasteiger partial charge >= 0.3 is 0 Å². The maximum atomic E-state index is 12.7. The summed E-state index contributed by atoms with van der Waals surface area (Å²) in [4.78, 5) is 15.4. The number of piperidine rings is 1. The van der Waals surface area contributed by atoms with Gasteiger partial charge in [0.2, 0.25) is 0 Å². The molecule has 29 heavy (non-hydrogen) atoms. The fraction of sp³-hybridized carbons (Fsp3) is 0.962. The van der Waals surface area contributed by atoms with Crippen LogP contribution < -0.4 is 0 Å². The number of aliphatic hydroxyl groups excluding tert-OH is 1. The Morgan fingerprint density at radius 2 is 1.69 bits per heavy atom. The highest BCUT2D eigenvalue weighted by molar-refractivity contribution is 5.84. The van der Waals surface area contributed by atoms with Crippen molar-refractivity contribution >= 4 is 5.78 Å². The number of fused-ring (bicyclic) bond motifs is 5. The molecule has 1 heterocycles. The molecule has 164 valence electrons. The first kappa shape index (κ1) is 20.5. The lowest BCUT2D eigenvalue weighted by Gasteiger charge is -2.69. The molecule has 0 radical (unpaired) electrons. The molecule has 5 aliphatic rings. The van der Waals surface area contributed by atoms with Crippen LogP contribution in [0.2, 0.25) is 0 Å². The van der Waals surface area contributed by atoms with Crippen molar-refractivity contribution in [1.29, 1.82) is 0 Å². The largest absolute Gasteiger partial charge is 0.391 e. The standard InChI is InChI=1S/C26H43NO2/c1-17-18-10-12-26(4)22(9-8-19-21(28)11-13-25(19,26)3)24(18,2)16-20(23(17)29)27-14-6-5-7-15-27/h17-20,22-23,29H,5-16H2,1-4H3/t17-,18-,19-,20-,22-,23-,24-,25-,26-/m0/s1. The van der Waals surface area contributed by atoms with Gasteiger partial charge < -0.3 is 5.11 Å². The molecule has 1 aliphatic heterocycles. The maximum absolute atomic E-state index is 12.7. The molecule has 3 nitrogen and oxygen atoms in total. The van der Waals surface area contributed by atoms with E-state index in [1.807, 2.05) is 0 Å². The van der Waals surface area contributed by atoms with Gasteiger partial charge in [0.05, 0.1) is 6.10 Å². The summed E-state index contributed by atoms with van der Waals surface area (Å²) in [6, 6.07) is 0.338. The number of ketones is 1. The van der Waals surface area contributed by atoms with Gasteiger partial charge in [0.15, 0.2) is 0 Å². The highest BCUT2D eigenvalue weighted by Crippen LogP contribution is 2.73. The number of nitrogens with zero attached hydrogens (tertiary/aromatic N) is 1. The van der Waals surface area contributed by atoms with E-state index in [2.05, 4.69) is 32.6 Å². The van der Waals surface area contributed by atoms with Crippen molar-refractivity contribution < 1.29 is 9.90 Å². The summed E-state index contributed by atoms with van der Waals surface area (Å²) in [6.45, 7) is 12.3. The predicted molar refractivity (Wildman–Crippen MR) is 116 cm³/mol. The second-order valence-corrected chi connectivity index (χ2v) is 12.4. The van der Waals surface area contributed by atoms with Crippen LogP contribution in [0.1, 0.15) is 91.9 Å². The second-order valence-electron chi connectivity index (χ2n) is 12.4. The Bertz CT molecular complexity index is 672. The van der Waals surface area contributed by atoms with Crippen molar-refractivity contribution in [3.05, 3.63) is 0 Å². The highest BCUT2D eigenvalue weighted by atomic mass is 16.3. The first-order valence-electron chi connectivity index (χ1n) is 12.7. The van der Waals surface area contributed by atoms with Crippen LogP contribution in [0.5, 0.6) is 0 Å². The Hall–Kier alpha value is -0.410. The molecule has 0 aromatic heterocycles. The quantitative estimate of drug-likeness (QED) is 0.668. The molecule has 4 saturated carbocycles. The zero-order chi connectivity index (χ0) is 20.6. The number of carbonyl (C=O) groups excluding carboxylic acids is 1. The molecule has 4 aliphatic carbocycles. The molecule has 1 N–H and O–H groups in total. The highest BCUT2D eigenvalue weighted by Gasteiger charge is 2.68. The molecule has 9 atom stereocenters. The predicted octanol–water partition coefficient (Wildman–Crippen LogP) is 5.06. The average Bonchev–Trinajstić information content (AvgIpc) is 3.01. The van der Waals surface area contributed by atoms with Crippen molar-refractivity contribution in [3.8, 4) is 0 Å². The van der Waals surface area contributed by atoms with Crippen LogP contribution in [-0.4, -0.2) is 41.0 Å². The summed E-state index contributed by atoms with van der Waals surface area (Å²) >= 11 is 0. The topological polar surface area (TPSA) is 40.5 Å². The summed E-state index contributed by atoms with van der Waals surface area (Å²) < 4.78 is 0. The summed E-state index contributed by atoms with van der Waals surface area (Å²) in [5, 5.41) is 11.4. The van der Waals surface area contributed by atoms with Crippen LogP contribution in [0.25, 0.3) is 0 Å². The lowest BCUT2D eigenvalue weighted by molar-refractivity contribution is -0.213. The van der Waals surface area contributed by atoms with Crippen LogP contribution in [-0.2, 0) is 4.79 Å². The summed E-state index contributed by atoms with van der Waals surface area (Å²) in [6.07, 6.45) is 11.7. The third-order valence-corrected chi connectivity index (χ3v) is 11.6. The second kappa shape index (κ2) is 6.79. The van der Waals surface area contributed by atoms with Gasteiger partial charge in [-0.1, -0.05) is 34.1 Å². The Morgan fingerprint density at radius 3 is 2.41 bits per heavy atom. The molecule has 1 saturated heterocycles. The summed E-state index contributed by atoms with van der Waals surface area (Å²) in [7, 11) is 0. The Balaban J connectivity index is 1.50. The van der Waals surface area contributed by atoms with Gasteiger partial charge in [0.1, 0.15) is 5.78 Å². The number of hydrogen-bond donors (Lipinski definition) is 1. The van der Waals surface area contributed by atoms with Crippen molar-refractivity contribution in [3.63, 3.8) is 0 Å². The monoisotopic (exact) mass is 401 g/mol. The normalized spacial score (nSPS) is 55.8. The molecule has 0 unspecified atom stereocenters. The number of carbonyl (C=O) groups is 1. The van der Waals surface area contributed by atoms with E-state index >= 15 is 0 Å². The molecule has 5 rings (SSSR count). The van der Waals surface area contributed by atoms with Crippen molar-refractivity contribution in [2.75, 3.05) is 13.1 Å². The summed E-state index contributed by atoms with van der Waals surface area (Å²) in [5.41, 5.74) is 0.774. The van der Waals surface area contributed by atoms with Crippen molar-refractivity contribution in [2.24, 2.45) is 39.9 Å². The van der Waals surface area contributed by atoms with E-state index in [0.29, 0.717) is 40.9 Å². The zero-order valence-corrected chi connectivity index (χ0v) is 19.3.